The lowest BCUT2D eigenvalue weighted by Gasteiger charge is -2.39. The van der Waals surface area contributed by atoms with Crippen LogP contribution in [0, 0.1) is 5.41 Å². The molecule has 0 bridgehead atoms. The molecule has 3 unspecified atom stereocenters. The molecule has 1 aliphatic rings. The summed E-state index contributed by atoms with van der Waals surface area (Å²) in [5, 5.41) is 12.7. The molecule has 1 amide bonds. The molecule has 18 heavy (non-hydrogen) atoms. The fraction of sp³-hybridized carbons (Fsp3) is 0.833. The van der Waals surface area contributed by atoms with Gasteiger partial charge in [-0.3, -0.25) is 4.79 Å². The van der Waals surface area contributed by atoms with Gasteiger partial charge in [-0.15, -0.1) is 0 Å². The minimum absolute atomic E-state index is 0.00599. The molecule has 1 heterocycles. The van der Waals surface area contributed by atoms with Gasteiger partial charge in [0.2, 0.25) is 5.91 Å². The van der Waals surface area contributed by atoms with E-state index in [-0.39, 0.29) is 11.7 Å². The van der Waals surface area contributed by atoms with E-state index in [1.165, 1.54) is 0 Å². The van der Waals surface area contributed by atoms with Crippen molar-refractivity contribution in [3.8, 4) is 0 Å². The van der Waals surface area contributed by atoms with Crippen molar-refractivity contribution in [2.45, 2.75) is 44.6 Å². The molecule has 0 aromatic carbocycles. The summed E-state index contributed by atoms with van der Waals surface area (Å²) < 4.78 is 0. The van der Waals surface area contributed by atoms with Crippen LogP contribution in [-0.2, 0) is 4.79 Å². The van der Waals surface area contributed by atoms with Crippen LogP contribution in [-0.4, -0.2) is 45.4 Å². The summed E-state index contributed by atoms with van der Waals surface area (Å²) >= 11 is 1.89. The number of amides is 1. The fourth-order valence-electron chi connectivity index (χ4n) is 2.24. The minimum Gasteiger partial charge on any atom is -0.409 e. The van der Waals surface area contributed by atoms with Crippen LogP contribution in [0.2, 0.25) is 0 Å². The quantitative estimate of drug-likeness (QED) is 0.353. The van der Waals surface area contributed by atoms with Crippen LogP contribution in [0.15, 0.2) is 5.16 Å². The van der Waals surface area contributed by atoms with Crippen molar-refractivity contribution in [2.75, 3.05) is 13.1 Å². The van der Waals surface area contributed by atoms with E-state index in [0.29, 0.717) is 16.9 Å². The van der Waals surface area contributed by atoms with Gasteiger partial charge in [0.25, 0.3) is 0 Å². The first-order chi connectivity index (χ1) is 8.35. The van der Waals surface area contributed by atoms with Crippen molar-refractivity contribution >= 4 is 23.5 Å². The minimum atomic E-state index is -0.907. The number of carbonyl (C=O) groups is 1. The Hall–Kier alpha value is -0.910. The highest BCUT2D eigenvalue weighted by Crippen LogP contribution is 2.30. The van der Waals surface area contributed by atoms with Crippen LogP contribution in [0.3, 0.4) is 0 Å². The van der Waals surface area contributed by atoms with E-state index in [1.54, 1.807) is 6.92 Å². The second kappa shape index (κ2) is 5.82. The Morgan fingerprint density at radius 3 is 2.39 bits per heavy atom. The predicted molar refractivity (Wildman–Crippen MR) is 74.9 cm³/mol. The highest BCUT2D eigenvalue weighted by molar-refractivity contribution is 8.00. The van der Waals surface area contributed by atoms with Gasteiger partial charge in [0, 0.05) is 23.6 Å². The predicted octanol–water partition coefficient (Wildman–Crippen LogP) is 1.50. The van der Waals surface area contributed by atoms with E-state index in [1.807, 2.05) is 23.6 Å². The molecule has 0 spiro atoms. The first-order valence-corrected chi connectivity index (χ1v) is 7.22. The van der Waals surface area contributed by atoms with E-state index in [9.17, 15) is 4.79 Å². The first kappa shape index (κ1) is 15.1. The number of hydrogen-bond donors (Lipinski definition) is 2. The van der Waals surface area contributed by atoms with Crippen molar-refractivity contribution in [1.29, 1.82) is 0 Å². The maximum absolute atomic E-state index is 12.6. The molecule has 104 valence electrons. The van der Waals surface area contributed by atoms with Gasteiger partial charge in [-0.2, -0.15) is 11.8 Å². The highest BCUT2D eigenvalue weighted by Gasteiger charge is 2.41. The Balaban J connectivity index is 2.91. The summed E-state index contributed by atoms with van der Waals surface area (Å²) in [5.74, 6) is -0.0483. The normalized spacial score (nSPS) is 28.9. The Bertz CT molecular complexity index is 338. The monoisotopic (exact) mass is 273 g/mol. The third kappa shape index (κ3) is 2.91. The van der Waals surface area contributed by atoms with Crippen LogP contribution in [0.4, 0.5) is 0 Å². The van der Waals surface area contributed by atoms with E-state index in [2.05, 4.69) is 19.0 Å². The summed E-state index contributed by atoms with van der Waals surface area (Å²) in [4.78, 5) is 14.4. The fourth-order valence-corrected chi connectivity index (χ4v) is 3.57. The number of carbonyl (C=O) groups excluding carboxylic acids is 1. The zero-order chi connectivity index (χ0) is 13.9. The van der Waals surface area contributed by atoms with Gasteiger partial charge < -0.3 is 15.8 Å². The number of nitrogens with two attached hydrogens (primary N) is 1. The number of thioether (sulfide) groups is 1. The summed E-state index contributed by atoms with van der Waals surface area (Å²) in [5.41, 5.74) is 4.78. The molecule has 3 N–H and O–H groups in total. The zero-order valence-electron chi connectivity index (χ0n) is 11.5. The van der Waals surface area contributed by atoms with Gasteiger partial charge in [-0.1, -0.05) is 25.9 Å². The van der Waals surface area contributed by atoms with Crippen LogP contribution in [0.5, 0.6) is 0 Å². The topological polar surface area (TPSA) is 78.9 Å². The number of rotatable bonds is 3. The molecule has 3 atom stereocenters. The Morgan fingerprint density at radius 1 is 1.50 bits per heavy atom. The van der Waals surface area contributed by atoms with Crippen LogP contribution >= 0.6 is 11.8 Å². The molecule has 1 fully saturated rings. The average Bonchev–Trinajstić information content (AvgIpc) is 2.34. The van der Waals surface area contributed by atoms with Crippen molar-refractivity contribution < 1.29 is 10.0 Å². The summed E-state index contributed by atoms with van der Waals surface area (Å²) in [6.07, 6.45) is 0.522. The molecule has 1 saturated heterocycles. The lowest BCUT2D eigenvalue weighted by atomic mass is 9.84. The van der Waals surface area contributed by atoms with E-state index >= 15 is 0 Å². The second-order valence-corrected chi connectivity index (χ2v) is 7.02. The molecule has 0 radical (unpaired) electrons. The van der Waals surface area contributed by atoms with Crippen LogP contribution < -0.4 is 5.73 Å². The standard InChI is InChI=1S/C12H23N3O2S/c1-5-12(4,10(13)14-17)11(16)15-6-8(2)18-9(3)7-15/h8-9,17H,5-7H2,1-4H3,(H2,13,14). The molecule has 5 nitrogen and oxygen atoms in total. The third-order valence-electron chi connectivity index (χ3n) is 3.56. The van der Waals surface area contributed by atoms with Gasteiger partial charge >= 0.3 is 0 Å². The summed E-state index contributed by atoms with van der Waals surface area (Å²) in [6.45, 7) is 9.30. The van der Waals surface area contributed by atoms with Crippen molar-refractivity contribution in [3.63, 3.8) is 0 Å². The molecule has 1 aliphatic heterocycles. The summed E-state index contributed by atoms with van der Waals surface area (Å²) in [7, 11) is 0. The molecule has 0 aromatic rings. The number of nitrogens with zero attached hydrogens (tertiary/aromatic N) is 2. The van der Waals surface area contributed by atoms with Gasteiger partial charge in [0.1, 0.15) is 5.41 Å². The van der Waals surface area contributed by atoms with Crippen molar-refractivity contribution in [2.24, 2.45) is 16.3 Å². The van der Waals surface area contributed by atoms with E-state index in [4.69, 9.17) is 10.9 Å². The average molecular weight is 273 g/mol. The van der Waals surface area contributed by atoms with Gasteiger partial charge in [-0.05, 0) is 13.3 Å². The van der Waals surface area contributed by atoms with Gasteiger partial charge in [0.15, 0.2) is 5.84 Å². The Morgan fingerprint density at radius 2 is 2.00 bits per heavy atom. The molecular weight excluding hydrogens is 250 g/mol. The molecule has 0 saturated carbocycles. The van der Waals surface area contributed by atoms with Crippen molar-refractivity contribution in [1.82, 2.24) is 4.90 Å². The van der Waals surface area contributed by atoms with Gasteiger partial charge in [0.05, 0.1) is 0 Å². The molecule has 0 aromatic heterocycles. The zero-order valence-corrected chi connectivity index (χ0v) is 12.3. The maximum atomic E-state index is 12.6. The van der Waals surface area contributed by atoms with Crippen LogP contribution in [0.25, 0.3) is 0 Å². The molecule has 1 rings (SSSR count). The smallest absolute Gasteiger partial charge is 0.236 e. The SMILES string of the molecule is CCC(C)(C(=O)N1CC(C)SC(C)C1)C(N)=NO. The maximum Gasteiger partial charge on any atom is 0.236 e. The van der Waals surface area contributed by atoms with Crippen LogP contribution in [0.1, 0.15) is 34.1 Å². The first-order valence-electron chi connectivity index (χ1n) is 6.28. The molecule has 6 heteroatoms. The second-order valence-electron chi connectivity index (χ2n) is 5.14. The lowest BCUT2D eigenvalue weighted by Crippen LogP contribution is -2.53. The molecular formula is C12H23N3O2S. The number of oxime groups is 1. The highest BCUT2D eigenvalue weighted by atomic mass is 32.2. The van der Waals surface area contributed by atoms with E-state index in [0.717, 1.165) is 13.1 Å². The van der Waals surface area contributed by atoms with Crippen molar-refractivity contribution in [3.05, 3.63) is 0 Å². The van der Waals surface area contributed by atoms with Gasteiger partial charge in [-0.25, -0.2) is 0 Å². The summed E-state index contributed by atoms with van der Waals surface area (Å²) in [6, 6.07) is 0. The largest absolute Gasteiger partial charge is 0.409 e. The molecule has 0 aliphatic carbocycles. The number of amidine groups is 1. The Kier molecular flexibility index (Phi) is 4.90. The third-order valence-corrected chi connectivity index (χ3v) is 4.79. The van der Waals surface area contributed by atoms with E-state index < -0.39 is 5.41 Å². The lowest BCUT2D eigenvalue weighted by molar-refractivity contribution is -0.138. The Labute approximate surface area is 113 Å². The number of hydrogen-bond acceptors (Lipinski definition) is 4.